The van der Waals surface area contributed by atoms with E-state index in [1.54, 1.807) is 6.33 Å². The third kappa shape index (κ3) is 2.95. The van der Waals surface area contributed by atoms with Gasteiger partial charge in [-0.05, 0) is 17.2 Å². The van der Waals surface area contributed by atoms with Gasteiger partial charge in [-0.2, -0.15) is 0 Å². The molecule has 0 saturated heterocycles. The van der Waals surface area contributed by atoms with Crippen molar-refractivity contribution in [3.8, 4) is 33.6 Å². The van der Waals surface area contributed by atoms with Gasteiger partial charge >= 0.3 is 0 Å². The Bertz CT molecular complexity index is 930. The van der Waals surface area contributed by atoms with E-state index in [1.165, 1.54) is 11.1 Å². The van der Waals surface area contributed by atoms with Crippen molar-refractivity contribution < 1.29 is 0 Å². The summed E-state index contributed by atoms with van der Waals surface area (Å²) in [5.74, 6) is 0. The van der Waals surface area contributed by atoms with Crippen molar-refractivity contribution in [2.24, 2.45) is 0 Å². The molecule has 114 valence electrons. The third-order valence-electron chi connectivity index (χ3n) is 4.02. The highest BCUT2D eigenvalue weighted by Gasteiger charge is 2.04. The second-order valence-electron chi connectivity index (χ2n) is 5.60. The molecule has 3 aromatic carbocycles. The third-order valence-corrected chi connectivity index (χ3v) is 4.02. The van der Waals surface area contributed by atoms with Crippen LogP contribution in [0.5, 0.6) is 0 Å². The maximum absolute atomic E-state index is 4.43. The largest absolute Gasteiger partial charge is 0.236 e. The molecule has 0 saturated carbocycles. The minimum absolute atomic E-state index is 0.934. The van der Waals surface area contributed by atoms with Crippen LogP contribution in [-0.2, 0) is 0 Å². The van der Waals surface area contributed by atoms with E-state index in [0.717, 1.165) is 22.5 Å². The zero-order chi connectivity index (χ0) is 16.2. The number of benzene rings is 3. The van der Waals surface area contributed by atoms with Crippen LogP contribution in [0, 0.1) is 0 Å². The van der Waals surface area contributed by atoms with Crippen LogP contribution >= 0.6 is 0 Å². The Morgan fingerprint density at radius 2 is 0.833 bits per heavy atom. The summed E-state index contributed by atoms with van der Waals surface area (Å²) in [6.07, 6.45) is 1.63. The van der Waals surface area contributed by atoms with E-state index in [0.29, 0.717) is 0 Å². The summed E-state index contributed by atoms with van der Waals surface area (Å²) in [5.41, 5.74) is 6.49. The van der Waals surface area contributed by atoms with Gasteiger partial charge < -0.3 is 0 Å². The first kappa shape index (κ1) is 14.3. The lowest BCUT2D eigenvalue weighted by molar-refractivity contribution is 1.18. The average Bonchev–Trinajstić information content (AvgIpc) is 2.70. The molecule has 1 aromatic heterocycles. The Kier molecular flexibility index (Phi) is 3.86. The Labute approximate surface area is 141 Å². The van der Waals surface area contributed by atoms with Gasteiger partial charge in [0.1, 0.15) is 6.33 Å². The monoisotopic (exact) mass is 308 g/mol. The van der Waals surface area contributed by atoms with Gasteiger partial charge in [-0.25, -0.2) is 9.97 Å². The normalized spacial score (nSPS) is 10.5. The van der Waals surface area contributed by atoms with Crippen molar-refractivity contribution in [3.05, 3.63) is 97.3 Å². The van der Waals surface area contributed by atoms with Crippen molar-refractivity contribution >= 4 is 0 Å². The first-order chi connectivity index (χ1) is 11.9. The topological polar surface area (TPSA) is 25.8 Å². The standard InChI is InChI=1S/C22H16N2/c1-3-7-17(8-4-1)18-11-13-20(14-12-18)22-15-21(23-16-24-22)19-9-5-2-6-10-19/h1-16H. The van der Waals surface area contributed by atoms with Crippen molar-refractivity contribution in [1.29, 1.82) is 0 Å². The van der Waals surface area contributed by atoms with Gasteiger partial charge in [0.25, 0.3) is 0 Å². The molecule has 24 heavy (non-hydrogen) atoms. The Balaban J connectivity index is 1.67. The molecule has 0 N–H and O–H groups in total. The van der Waals surface area contributed by atoms with Gasteiger partial charge in [-0.15, -0.1) is 0 Å². The summed E-state index contributed by atoms with van der Waals surface area (Å²) >= 11 is 0. The predicted molar refractivity (Wildman–Crippen MR) is 98.3 cm³/mol. The Morgan fingerprint density at radius 3 is 1.42 bits per heavy atom. The average molecular weight is 308 g/mol. The molecule has 0 amide bonds. The quantitative estimate of drug-likeness (QED) is 0.501. The first-order valence-corrected chi connectivity index (χ1v) is 7.93. The summed E-state index contributed by atoms with van der Waals surface area (Å²) in [7, 11) is 0. The molecule has 1 heterocycles. The summed E-state index contributed by atoms with van der Waals surface area (Å²) in [6.45, 7) is 0. The number of aromatic nitrogens is 2. The van der Waals surface area contributed by atoms with Crippen LogP contribution in [0.2, 0.25) is 0 Å². The van der Waals surface area contributed by atoms with Crippen LogP contribution in [0.25, 0.3) is 33.6 Å². The van der Waals surface area contributed by atoms with Crippen molar-refractivity contribution in [3.63, 3.8) is 0 Å². The molecule has 0 spiro atoms. The van der Waals surface area contributed by atoms with E-state index in [-0.39, 0.29) is 0 Å². The van der Waals surface area contributed by atoms with Crippen LogP contribution in [-0.4, -0.2) is 9.97 Å². The fourth-order valence-electron chi connectivity index (χ4n) is 2.75. The van der Waals surface area contributed by atoms with E-state index in [4.69, 9.17) is 0 Å². The lowest BCUT2D eigenvalue weighted by Crippen LogP contribution is -1.89. The second kappa shape index (κ2) is 6.47. The molecule has 0 atom stereocenters. The highest BCUT2D eigenvalue weighted by molar-refractivity contribution is 5.71. The SMILES string of the molecule is c1ccc(-c2ccc(-c3cc(-c4ccccc4)ncn3)cc2)cc1. The molecule has 0 unspecified atom stereocenters. The maximum atomic E-state index is 4.43. The van der Waals surface area contributed by atoms with Crippen LogP contribution in [0.1, 0.15) is 0 Å². The van der Waals surface area contributed by atoms with E-state index in [1.807, 2.05) is 30.3 Å². The minimum Gasteiger partial charge on any atom is -0.236 e. The van der Waals surface area contributed by atoms with Crippen molar-refractivity contribution in [1.82, 2.24) is 9.97 Å². The molecule has 0 aliphatic rings. The van der Waals surface area contributed by atoms with E-state index >= 15 is 0 Å². The summed E-state index contributed by atoms with van der Waals surface area (Å²) in [4.78, 5) is 8.82. The minimum atomic E-state index is 0.934. The zero-order valence-electron chi connectivity index (χ0n) is 13.1. The Morgan fingerprint density at radius 1 is 0.417 bits per heavy atom. The molecule has 0 aliphatic heterocycles. The van der Waals surface area contributed by atoms with Crippen LogP contribution in [0.3, 0.4) is 0 Å². The maximum Gasteiger partial charge on any atom is 0.116 e. The first-order valence-electron chi connectivity index (χ1n) is 7.93. The van der Waals surface area contributed by atoms with Crippen LogP contribution in [0.4, 0.5) is 0 Å². The van der Waals surface area contributed by atoms with Gasteiger partial charge in [0, 0.05) is 11.1 Å². The number of rotatable bonds is 3. The highest BCUT2D eigenvalue weighted by atomic mass is 14.8. The van der Waals surface area contributed by atoms with Gasteiger partial charge in [-0.1, -0.05) is 84.9 Å². The lowest BCUT2D eigenvalue weighted by Gasteiger charge is -2.06. The van der Waals surface area contributed by atoms with Gasteiger partial charge in [0.15, 0.2) is 0 Å². The molecular formula is C22H16N2. The molecule has 0 aliphatic carbocycles. The van der Waals surface area contributed by atoms with E-state index in [9.17, 15) is 0 Å². The molecule has 2 heteroatoms. The van der Waals surface area contributed by atoms with Crippen molar-refractivity contribution in [2.75, 3.05) is 0 Å². The van der Waals surface area contributed by atoms with Gasteiger partial charge in [0.05, 0.1) is 11.4 Å². The Hall–Kier alpha value is -3.26. The molecule has 0 fully saturated rings. The summed E-state index contributed by atoms with van der Waals surface area (Å²) < 4.78 is 0. The summed E-state index contributed by atoms with van der Waals surface area (Å²) in [5, 5.41) is 0. The number of hydrogen-bond acceptors (Lipinski definition) is 2. The van der Waals surface area contributed by atoms with Crippen LogP contribution < -0.4 is 0 Å². The molecule has 4 aromatic rings. The van der Waals surface area contributed by atoms with Gasteiger partial charge in [0.2, 0.25) is 0 Å². The molecule has 0 bridgehead atoms. The zero-order valence-corrected chi connectivity index (χ0v) is 13.1. The van der Waals surface area contributed by atoms with Gasteiger partial charge in [-0.3, -0.25) is 0 Å². The smallest absolute Gasteiger partial charge is 0.116 e. The van der Waals surface area contributed by atoms with E-state index < -0.39 is 0 Å². The summed E-state index contributed by atoms with van der Waals surface area (Å²) in [6, 6.07) is 31.1. The number of nitrogens with zero attached hydrogens (tertiary/aromatic N) is 2. The fraction of sp³-hybridized carbons (Fsp3) is 0. The molecule has 4 rings (SSSR count). The molecule has 2 nitrogen and oxygen atoms in total. The lowest BCUT2D eigenvalue weighted by atomic mass is 10.0. The van der Waals surface area contributed by atoms with E-state index in [2.05, 4.69) is 70.6 Å². The van der Waals surface area contributed by atoms with Crippen LogP contribution in [0.15, 0.2) is 97.3 Å². The fourth-order valence-corrected chi connectivity index (χ4v) is 2.75. The highest BCUT2D eigenvalue weighted by Crippen LogP contribution is 2.25. The van der Waals surface area contributed by atoms with Crippen molar-refractivity contribution in [2.45, 2.75) is 0 Å². The molecule has 0 radical (unpaired) electrons. The predicted octanol–water partition coefficient (Wildman–Crippen LogP) is 5.48. The second-order valence-corrected chi connectivity index (χ2v) is 5.60. The molecular weight excluding hydrogens is 292 g/mol. The number of hydrogen-bond donors (Lipinski definition) is 0.